The van der Waals surface area contributed by atoms with Crippen LogP contribution >= 0.6 is 11.6 Å². The van der Waals surface area contributed by atoms with Crippen LogP contribution in [0.1, 0.15) is 12.0 Å². The lowest BCUT2D eigenvalue weighted by Crippen LogP contribution is -2.48. The molecule has 1 unspecified atom stereocenters. The molecule has 0 radical (unpaired) electrons. The summed E-state index contributed by atoms with van der Waals surface area (Å²) in [7, 11) is 1.96. The number of hydrogen-bond acceptors (Lipinski definition) is 4. The van der Waals surface area contributed by atoms with Gasteiger partial charge in [-0.2, -0.15) is 0 Å². The Morgan fingerprint density at radius 1 is 1.38 bits per heavy atom. The standard InChI is InChI=1S/C15H22ClN3O2/c1-18-5-3-12(11-18)15(19(6-8-20)7-9-21)4-2-14(17)13(16)10-15/h2-3,5,10-11,20-21H,4,6-9,17H2,1H3. The molecule has 6 heteroatoms. The van der Waals surface area contributed by atoms with Crippen molar-refractivity contribution >= 4 is 11.6 Å². The van der Waals surface area contributed by atoms with Crippen molar-refractivity contribution in [1.29, 1.82) is 0 Å². The van der Waals surface area contributed by atoms with Gasteiger partial charge in [-0.1, -0.05) is 17.7 Å². The summed E-state index contributed by atoms with van der Waals surface area (Å²) in [6, 6.07) is 2.03. The average molecular weight is 312 g/mol. The van der Waals surface area contributed by atoms with Crippen LogP contribution in [0.3, 0.4) is 0 Å². The van der Waals surface area contributed by atoms with Crippen LogP contribution in [0.4, 0.5) is 0 Å². The van der Waals surface area contributed by atoms with Crippen LogP contribution in [-0.4, -0.2) is 46.0 Å². The van der Waals surface area contributed by atoms with E-state index in [1.807, 2.05) is 47.1 Å². The van der Waals surface area contributed by atoms with Gasteiger partial charge in [0, 0.05) is 38.2 Å². The fraction of sp³-hybridized carbons (Fsp3) is 0.467. The Hall–Kier alpha value is -1.27. The first-order valence-electron chi connectivity index (χ1n) is 6.97. The highest BCUT2D eigenvalue weighted by Gasteiger charge is 2.38. The summed E-state index contributed by atoms with van der Waals surface area (Å²) in [6.45, 7) is 0.923. The molecule has 1 heterocycles. The van der Waals surface area contributed by atoms with Crippen molar-refractivity contribution in [3.8, 4) is 0 Å². The zero-order valence-electron chi connectivity index (χ0n) is 12.2. The van der Waals surface area contributed by atoms with Crippen LogP contribution in [0.5, 0.6) is 0 Å². The van der Waals surface area contributed by atoms with E-state index in [0.29, 0.717) is 30.2 Å². The van der Waals surface area contributed by atoms with E-state index in [-0.39, 0.29) is 13.2 Å². The summed E-state index contributed by atoms with van der Waals surface area (Å²) < 4.78 is 1.97. The zero-order valence-corrected chi connectivity index (χ0v) is 12.9. The summed E-state index contributed by atoms with van der Waals surface area (Å²) >= 11 is 6.26. The second kappa shape index (κ2) is 6.66. The minimum Gasteiger partial charge on any atom is -0.398 e. The molecule has 0 bridgehead atoms. The maximum absolute atomic E-state index is 9.36. The van der Waals surface area contributed by atoms with Crippen molar-refractivity contribution < 1.29 is 10.2 Å². The molecule has 1 aromatic heterocycles. The summed E-state index contributed by atoms with van der Waals surface area (Å²) in [6.07, 6.45) is 8.47. The smallest absolute Gasteiger partial charge is 0.0715 e. The number of aryl methyl sites for hydroxylation is 1. The van der Waals surface area contributed by atoms with Gasteiger partial charge >= 0.3 is 0 Å². The Labute approximate surface area is 129 Å². The molecule has 0 saturated heterocycles. The van der Waals surface area contributed by atoms with E-state index >= 15 is 0 Å². The quantitative estimate of drug-likeness (QED) is 0.729. The van der Waals surface area contributed by atoms with Crippen LogP contribution < -0.4 is 5.73 Å². The molecule has 0 saturated carbocycles. The monoisotopic (exact) mass is 311 g/mol. The van der Waals surface area contributed by atoms with Gasteiger partial charge in [0.2, 0.25) is 0 Å². The van der Waals surface area contributed by atoms with Crippen molar-refractivity contribution in [2.24, 2.45) is 12.8 Å². The fourth-order valence-electron chi connectivity index (χ4n) is 2.83. The molecule has 1 atom stereocenters. The molecular weight excluding hydrogens is 290 g/mol. The van der Waals surface area contributed by atoms with Gasteiger partial charge in [-0.05, 0) is 24.1 Å². The van der Waals surface area contributed by atoms with Gasteiger partial charge < -0.3 is 20.5 Å². The minimum atomic E-state index is -0.493. The van der Waals surface area contributed by atoms with Gasteiger partial charge in [0.25, 0.3) is 0 Å². The molecule has 1 aromatic rings. The molecule has 116 valence electrons. The maximum atomic E-state index is 9.36. The van der Waals surface area contributed by atoms with E-state index in [2.05, 4.69) is 0 Å². The normalized spacial score (nSPS) is 22.3. The predicted molar refractivity (Wildman–Crippen MR) is 83.7 cm³/mol. The molecule has 0 spiro atoms. The van der Waals surface area contributed by atoms with Crippen molar-refractivity contribution in [2.45, 2.75) is 12.0 Å². The number of aliphatic hydroxyl groups excluding tert-OH is 2. The van der Waals surface area contributed by atoms with Crippen molar-refractivity contribution in [2.75, 3.05) is 26.3 Å². The molecule has 1 aliphatic carbocycles. The Kier molecular flexibility index (Phi) is 5.11. The maximum Gasteiger partial charge on any atom is 0.0715 e. The highest BCUT2D eigenvalue weighted by atomic mass is 35.5. The highest BCUT2D eigenvalue weighted by Crippen LogP contribution is 2.40. The van der Waals surface area contributed by atoms with Crippen LogP contribution in [0.15, 0.2) is 41.3 Å². The van der Waals surface area contributed by atoms with Gasteiger partial charge in [-0.3, -0.25) is 4.90 Å². The lowest BCUT2D eigenvalue weighted by molar-refractivity contribution is 0.0784. The molecule has 0 aliphatic heterocycles. The third kappa shape index (κ3) is 3.16. The van der Waals surface area contributed by atoms with Crippen LogP contribution in [-0.2, 0) is 12.6 Å². The van der Waals surface area contributed by atoms with E-state index < -0.39 is 5.54 Å². The van der Waals surface area contributed by atoms with E-state index in [1.54, 1.807) is 0 Å². The lowest BCUT2D eigenvalue weighted by atomic mass is 9.82. The molecule has 1 aliphatic rings. The number of allylic oxidation sites excluding steroid dienone is 1. The number of halogens is 1. The average Bonchev–Trinajstić information content (AvgIpc) is 2.89. The molecule has 4 N–H and O–H groups in total. The first-order valence-corrected chi connectivity index (χ1v) is 7.35. The fourth-order valence-corrected chi connectivity index (χ4v) is 3.09. The van der Waals surface area contributed by atoms with Crippen molar-refractivity contribution in [1.82, 2.24) is 9.47 Å². The van der Waals surface area contributed by atoms with Gasteiger partial charge in [-0.25, -0.2) is 0 Å². The number of aliphatic hydroxyl groups is 2. The Morgan fingerprint density at radius 3 is 2.52 bits per heavy atom. The van der Waals surface area contributed by atoms with Gasteiger partial charge in [0.1, 0.15) is 0 Å². The molecule has 5 nitrogen and oxygen atoms in total. The topological polar surface area (TPSA) is 74.6 Å². The van der Waals surface area contributed by atoms with Crippen LogP contribution in [0.2, 0.25) is 0 Å². The van der Waals surface area contributed by atoms with Crippen molar-refractivity contribution in [3.05, 3.63) is 46.9 Å². The van der Waals surface area contributed by atoms with Crippen molar-refractivity contribution in [3.63, 3.8) is 0 Å². The van der Waals surface area contributed by atoms with Gasteiger partial charge in [0.15, 0.2) is 0 Å². The van der Waals surface area contributed by atoms with E-state index in [0.717, 1.165) is 5.56 Å². The second-order valence-corrected chi connectivity index (χ2v) is 5.69. The summed E-state index contributed by atoms with van der Waals surface area (Å²) in [4.78, 5) is 2.04. The molecule has 21 heavy (non-hydrogen) atoms. The van der Waals surface area contributed by atoms with Crippen LogP contribution in [0, 0.1) is 0 Å². The van der Waals surface area contributed by atoms with Gasteiger partial charge in [-0.15, -0.1) is 0 Å². The number of nitrogens with zero attached hydrogens (tertiary/aromatic N) is 2. The van der Waals surface area contributed by atoms with E-state index in [1.165, 1.54) is 0 Å². The Balaban J connectivity index is 2.49. The SMILES string of the molecule is Cn1ccc(C2(N(CCO)CCO)C=C(Cl)C(N)=CC2)c1. The summed E-state index contributed by atoms with van der Waals surface area (Å²) in [5.41, 5.74) is 7.01. The minimum absolute atomic E-state index is 0.0131. The molecule has 0 amide bonds. The molecule has 0 aromatic carbocycles. The zero-order chi connectivity index (χ0) is 15.5. The largest absolute Gasteiger partial charge is 0.398 e. The third-order valence-corrected chi connectivity index (χ3v) is 4.24. The summed E-state index contributed by atoms with van der Waals surface area (Å²) in [5, 5.41) is 19.2. The Bertz CT molecular complexity index is 547. The molecular formula is C15H22ClN3O2. The molecule has 0 fully saturated rings. The first kappa shape index (κ1) is 16.1. The van der Waals surface area contributed by atoms with E-state index in [4.69, 9.17) is 17.3 Å². The second-order valence-electron chi connectivity index (χ2n) is 5.28. The number of nitrogens with two attached hydrogens (primary N) is 1. The van der Waals surface area contributed by atoms with E-state index in [9.17, 15) is 10.2 Å². The first-order chi connectivity index (χ1) is 10.0. The summed E-state index contributed by atoms with van der Waals surface area (Å²) in [5.74, 6) is 0. The lowest BCUT2D eigenvalue weighted by Gasteiger charge is -2.43. The Morgan fingerprint density at radius 2 is 2.05 bits per heavy atom. The molecule has 2 rings (SSSR count). The van der Waals surface area contributed by atoms with Gasteiger partial charge in [0.05, 0.1) is 23.8 Å². The number of hydrogen-bond donors (Lipinski definition) is 3. The third-order valence-electron chi connectivity index (χ3n) is 3.91. The van der Waals surface area contributed by atoms with Crippen LogP contribution in [0.25, 0.3) is 0 Å². The number of aromatic nitrogens is 1. The predicted octanol–water partition coefficient (Wildman–Crippen LogP) is 0.876. The highest BCUT2D eigenvalue weighted by molar-refractivity contribution is 6.32. The number of rotatable bonds is 6.